The molecule has 0 radical (unpaired) electrons. The second kappa shape index (κ2) is 7.39. The molecule has 2 N–H and O–H groups in total. The van der Waals surface area contributed by atoms with Gasteiger partial charge in [0.15, 0.2) is 0 Å². The lowest BCUT2D eigenvalue weighted by atomic mass is 9.97. The molecule has 0 saturated carbocycles. The smallest absolute Gasteiger partial charge is 0.0611 e. The van der Waals surface area contributed by atoms with Crippen LogP contribution in [-0.4, -0.2) is 41.3 Å². The Bertz CT molecular complexity index is 447. The number of rotatable bonds is 6. The minimum Gasteiger partial charge on any atom is -0.394 e. The van der Waals surface area contributed by atoms with Gasteiger partial charge in [-0.2, -0.15) is 0 Å². The summed E-state index contributed by atoms with van der Waals surface area (Å²) in [5.74, 6) is 0. The fourth-order valence-corrected chi connectivity index (χ4v) is 3.26. The van der Waals surface area contributed by atoms with Gasteiger partial charge >= 0.3 is 0 Å². The molecule has 1 atom stereocenters. The van der Waals surface area contributed by atoms with E-state index in [2.05, 4.69) is 55.3 Å². The van der Waals surface area contributed by atoms with Crippen molar-refractivity contribution in [3.63, 3.8) is 0 Å². The Morgan fingerprint density at radius 1 is 1.29 bits per heavy atom. The average molecular weight is 290 g/mol. The summed E-state index contributed by atoms with van der Waals surface area (Å²) in [6, 6.07) is 9.19. The molecular formula is C18H30N2O. The standard InChI is InChI=1S/C18H30N2O/c1-15(2)19-18(3,14-21)10-12-20-11-6-9-16-7-4-5-8-17(16)13-20/h4-5,7-8,15,19,21H,6,9-14H2,1-3H3. The van der Waals surface area contributed by atoms with Crippen molar-refractivity contribution in [2.45, 2.75) is 58.2 Å². The van der Waals surface area contributed by atoms with Crippen LogP contribution < -0.4 is 5.32 Å². The van der Waals surface area contributed by atoms with Crippen LogP contribution in [-0.2, 0) is 13.0 Å². The molecule has 118 valence electrons. The highest BCUT2D eigenvalue weighted by molar-refractivity contribution is 5.28. The number of benzene rings is 1. The maximum atomic E-state index is 9.70. The van der Waals surface area contributed by atoms with Gasteiger partial charge in [0.1, 0.15) is 0 Å². The van der Waals surface area contributed by atoms with Crippen LogP contribution in [0.2, 0.25) is 0 Å². The van der Waals surface area contributed by atoms with E-state index in [1.165, 1.54) is 24.0 Å². The highest BCUT2D eigenvalue weighted by Gasteiger charge is 2.25. The molecule has 0 fully saturated rings. The molecule has 1 heterocycles. The normalized spacial score (nSPS) is 19.1. The zero-order valence-electron chi connectivity index (χ0n) is 13.7. The van der Waals surface area contributed by atoms with E-state index in [4.69, 9.17) is 0 Å². The van der Waals surface area contributed by atoms with Crippen LogP contribution >= 0.6 is 0 Å². The Morgan fingerprint density at radius 3 is 2.67 bits per heavy atom. The first-order valence-corrected chi connectivity index (χ1v) is 8.20. The fourth-order valence-electron chi connectivity index (χ4n) is 3.26. The van der Waals surface area contributed by atoms with Crippen molar-refractivity contribution in [3.05, 3.63) is 35.4 Å². The van der Waals surface area contributed by atoms with Gasteiger partial charge in [-0.25, -0.2) is 0 Å². The molecule has 0 spiro atoms. The largest absolute Gasteiger partial charge is 0.394 e. The number of fused-ring (bicyclic) bond motifs is 1. The summed E-state index contributed by atoms with van der Waals surface area (Å²) in [5, 5.41) is 13.2. The quantitative estimate of drug-likeness (QED) is 0.845. The molecule has 0 aliphatic carbocycles. The molecule has 1 aliphatic rings. The average Bonchev–Trinajstić information content (AvgIpc) is 2.66. The van der Waals surface area contributed by atoms with Gasteiger partial charge in [-0.3, -0.25) is 4.90 Å². The van der Waals surface area contributed by atoms with Crippen LogP contribution in [0.25, 0.3) is 0 Å². The van der Waals surface area contributed by atoms with Crippen molar-refractivity contribution in [1.29, 1.82) is 0 Å². The highest BCUT2D eigenvalue weighted by atomic mass is 16.3. The molecule has 21 heavy (non-hydrogen) atoms. The minimum atomic E-state index is -0.181. The molecule has 0 saturated heterocycles. The predicted octanol–water partition coefficient (Wildman–Crippen LogP) is 2.57. The van der Waals surface area contributed by atoms with E-state index < -0.39 is 0 Å². The number of hydrogen-bond donors (Lipinski definition) is 2. The summed E-state index contributed by atoms with van der Waals surface area (Å²) >= 11 is 0. The Kier molecular flexibility index (Phi) is 5.80. The summed E-state index contributed by atoms with van der Waals surface area (Å²) in [7, 11) is 0. The lowest BCUT2D eigenvalue weighted by Gasteiger charge is -2.33. The second-order valence-electron chi connectivity index (χ2n) is 6.92. The first-order chi connectivity index (χ1) is 10.0. The molecule has 0 bridgehead atoms. The van der Waals surface area contributed by atoms with E-state index in [0.717, 1.165) is 26.1 Å². The van der Waals surface area contributed by atoms with Crippen LogP contribution in [0.1, 0.15) is 44.7 Å². The van der Waals surface area contributed by atoms with E-state index in [0.29, 0.717) is 6.04 Å². The third-order valence-corrected chi connectivity index (χ3v) is 4.40. The summed E-state index contributed by atoms with van der Waals surface area (Å²) in [4.78, 5) is 2.53. The Labute approximate surface area is 129 Å². The lowest BCUT2D eigenvalue weighted by Crippen LogP contribution is -2.50. The third-order valence-electron chi connectivity index (χ3n) is 4.40. The van der Waals surface area contributed by atoms with Crippen molar-refractivity contribution >= 4 is 0 Å². The number of hydrogen-bond acceptors (Lipinski definition) is 3. The van der Waals surface area contributed by atoms with Crippen LogP contribution in [0.4, 0.5) is 0 Å². The van der Waals surface area contributed by atoms with Crippen molar-refractivity contribution in [2.24, 2.45) is 0 Å². The van der Waals surface area contributed by atoms with Crippen molar-refractivity contribution < 1.29 is 5.11 Å². The van der Waals surface area contributed by atoms with Gasteiger partial charge in [-0.15, -0.1) is 0 Å². The molecule has 0 aromatic heterocycles. The third kappa shape index (κ3) is 4.80. The molecule has 0 amide bonds. The van der Waals surface area contributed by atoms with Gasteiger partial charge in [0.05, 0.1) is 6.61 Å². The van der Waals surface area contributed by atoms with E-state index in [-0.39, 0.29) is 12.1 Å². The van der Waals surface area contributed by atoms with Crippen molar-refractivity contribution in [2.75, 3.05) is 19.7 Å². The van der Waals surface area contributed by atoms with Gasteiger partial charge in [0.25, 0.3) is 0 Å². The predicted molar refractivity (Wildman–Crippen MR) is 88.4 cm³/mol. The van der Waals surface area contributed by atoms with Gasteiger partial charge in [-0.05, 0) is 43.9 Å². The number of nitrogens with one attached hydrogen (secondary N) is 1. The Balaban J connectivity index is 1.94. The first-order valence-electron chi connectivity index (χ1n) is 8.20. The number of aliphatic hydroxyl groups excluding tert-OH is 1. The van der Waals surface area contributed by atoms with E-state index >= 15 is 0 Å². The SMILES string of the molecule is CC(C)NC(C)(CO)CCN1CCCc2ccccc2C1. The Hall–Kier alpha value is -0.900. The van der Waals surface area contributed by atoms with Gasteiger partial charge in [0.2, 0.25) is 0 Å². The number of aliphatic hydroxyl groups is 1. The van der Waals surface area contributed by atoms with Crippen LogP contribution in [0.15, 0.2) is 24.3 Å². The maximum absolute atomic E-state index is 9.70. The van der Waals surface area contributed by atoms with E-state index in [9.17, 15) is 5.11 Å². The molecule has 1 aromatic carbocycles. The molecule has 3 nitrogen and oxygen atoms in total. The topological polar surface area (TPSA) is 35.5 Å². The van der Waals surface area contributed by atoms with Gasteiger partial charge < -0.3 is 10.4 Å². The molecular weight excluding hydrogens is 260 g/mol. The summed E-state index contributed by atoms with van der Waals surface area (Å²) < 4.78 is 0. The zero-order valence-corrected chi connectivity index (χ0v) is 13.7. The molecule has 1 unspecified atom stereocenters. The number of aryl methyl sites for hydroxylation is 1. The van der Waals surface area contributed by atoms with E-state index in [1.54, 1.807) is 0 Å². The molecule has 1 aliphatic heterocycles. The maximum Gasteiger partial charge on any atom is 0.0611 e. The van der Waals surface area contributed by atoms with E-state index in [1.807, 2.05) is 0 Å². The fraction of sp³-hybridized carbons (Fsp3) is 0.667. The van der Waals surface area contributed by atoms with Gasteiger partial charge in [0, 0.05) is 24.7 Å². The monoisotopic (exact) mass is 290 g/mol. The molecule has 2 rings (SSSR count). The molecule has 1 aromatic rings. The Morgan fingerprint density at radius 2 is 2.00 bits per heavy atom. The van der Waals surface area contributed by atoms with Crippen LogP contribution in [0.3, 0.4) is 0 Å². The van der Waals surface area contributed by atoms with Crippen LogP contribution in [0, 0.1) is 0 Å². The van der Waals surface area contributed by atoms with Crippen molar-refractivity contribution in [1.82, 2.24) is 10.2 Å². The molecule has 3 heteroatoms. The first kappa shape index (κ1) is 16.5. The highest BCUT2D eigenvalue weighted by Crippen LogP contribution is 2.20. The lowest BCUT2D eigenvalue weighted by molar-refractivity contribution is 0.136. The zero-order chi connectivity index (χ0) is 15.3. The van der Waals surface area contributed by atoms with Gasteiger partial charge in [-0.1, -0.05) is 38.1 Å². The summed E-state index contributed by atoms with van der Waals surface area (Å²) in [5.41, 5.74) is 2.79. The van der Waals surface area contributed by atoms with Crippen molar-refractivity contribution in [3.8, 4) is 0 Å². The number of nitrogens with zero attached hydrogens (tertiary/aromatic N) is 1. The summed E-state index contributed by atoms with van der Waals surface area (Å²) in [6.45, 7) is 9.81. The summed E-state index contributed by atoms with van der Waals surface area (Å²) in [6.07, 6.45) is 3.39. The minimum absolute atomic E-state index is 0.181. The second-order valence-corrected chi connectivity index (χ2v) is 6.92. The van der Waals surface area contributed by atoms with Crippen LogP contribution in [0.5, 0.6) is 0 Å².